The van der Waals surface area contributed by atoms with Gasteiger partial charge in [0.2, 0.25) is 5.91 Å². The number of anilines is 1. The molecule has 3 nitrogen and oxygen atoms in total. The Kier molecular flexibility index (Phi) is 3.53. The van der Waals surface area contributed by atoms with Crippen LogP contribution in [0.3, 0.4) is 0 Å². The molecule has 0 N–H and O–H groups in total. The summed E-state index contributed by atoms with van der Waals surface area (Å²) in [7, 11) is 0. The second-order valence-electron chi connectivity index (χ2n) is 3.78. The summed E-state index contributed by atoms with van der Waals surface area (Å²) in [6.45, 7) is 1.37. The lowest BCUT2D eigenvalue weighted by Gasteiger charge is -2.19. The van der Waals surface area contributed by atoms with Crippen molar-refractivity contribution in [2.75, 3.05) is 4.90 Å². The molecule has 3 heteroatoms. The zero-order chi connectivity index (χ0) is 13.0. The molecule has 0 saturated carbocycles. The third kappa shape index (κ3) is 2.46. The Balaban J connectivity index is 2.39. The minimum atomic E-state index is -0.325. The number of carbonyl (C=O) groups is 2. The monoisotopic (exact) mass is 238 g/mol. The van der Waals surface area contributed by atoms with Gasteiger partial charge in [0, 0.05) is 12.5 Å². The molecule has 0 heterocycles. The highest BCUT2D eigenvalue weighted by molar-refractivity contribution is 6.20. The Morgan fingerprint density at radius 1 is 1.00 bits per heavy atom. The fourth-order valence-electron chi connectivity index (χ4n) is 1.68. The zero-order valence-corrected chi connectivity index (χ0v) is 9.96. The lowest BCUT2D eigenvalue weighted by molar-refractivity contribution is -0.115. The number of hydrogen-bond donors (Lipinski definition) is 0. The van der Waals surface area contributed by atoms with Crippen LogP contribution in [0.1, 0.15) is 17.3 Å². The molecule has 0 saturated heterocycles. The van der Waals surface area contributed by atoms with Crippen LogP contribution in [0, 0.1) is 6.07 Å². The lowest BCUT2D eigenvalue weighted by Crippen LogP contribution is -2.35. The van der Waals surface area contributed by atoms with Gasteiger partial charge >= 0.3 is 0 Å². The van der Waals surface area contributed by atoms with Gasteiger partial charge in [0.25, 0.3) is 5.91 Å². The average molecular weight is 238 g/mol. The molecular formula is C15H12NO2. The highest BCUT2D eigenvalue weighted by atomic mass is 16.2. The van der Waals surface area contributed by atoms with Crippen LogP contribution in [0.25, 0.3) is 0 Å². The summed E-state index contributed by atoms with van der Waals surface area (Å²) < 4.78 is 0. The van der Waals surface area contributed by atoms with E-state index in [4.69, 9.17) is 0 Å². The van der Waals surface area contributed by atoms with Crippen LogP contribution in [-0.4, -0.2) is 11.8 Å². The zero-order valence-electron chi connectivity index (χ0n) is 9.96. The summed E-state index contributed by atoms with van der Waals surface area (Å²) in [6.07, 6.45) is 0. The van der Waals surface area contributed by atoms with Gasteiger partial charge in [0.05, 0.1) is 5.69 Å². The van der Waals surface area contributed by atoms with Crippen LogP contribution < -0.4 is 4.90 Å². The third-order valence-corrected chi connectivity index (χ3v) is 2.50. The van der Waals surface area contributed by atoms with E-state index in [-0.39, 0.29) is 11.8 Å². The van der Waals surface area contributed by atoms with Crippen LogP contribution in [0.5, 0.6) is 0 Å². The maximum atomic E-state index is 12.3. The Bertz CT molecular complexity index is 549. The minimum Gasteiger partial charge on any atom is -0.274 e. The molecule has 0 aliphatic rings. The summed E-state index contributed by atoms with van der Waals surface area (Å²) in [5.41, 5.74) is 1.04. The van der Waals surface area contributed by atoms with Gasteiger partial charge in [0.1, 0.15) is 0 Å². The summed E-state index contributed by atoms with van der Waals surface area (Å²) in [5.74, 6) is -0.635. The fraction of sp³-hybridized carbons (Fsp3) is 0.0667. The quantitative estimate of drug-likeness (QED) is 0.806. The van der Waals surface area contributed by atoms with E-state index in [9.17, 15) is 9.59 Å². The highest BCUT2D eigenvalue weighted by Gasteiger charge is 2.20. The summed E-state index contributed by atoms with van der Waals surface area (Å²) >= 11 is 0. The maximum absolute atomic E-state index is 12.3. The smallest absolute Gasteiger partial charge is 0.265 e. The van der Waals surface area contributed by atoms with Crippen molar-refractivity contribution in [3.8, 4) is 0 Å². The summed E-state index contributed by atoms with van der Waals surface area (Å²) in [4.78, 5) is 25.1. The molecule has 18 heavy (non-hydrogen) atoms. The Morgan fingerprint density at radius 2 is 1.61 bits per heavy atom. The van der Waals surface area contributed by atoms with Gasteiger partial charge in [-0.2, -0.15) is 0 Å². The van der Waals surface area contributed by atoms with Crippen molar-refractivity contribution in [1.82, 2.24) is 0 Å². The molecule has 0 aromatic heterocycles. The van der Waals surface area contributed by atoms with E-state index in [2.05, 4.69) is 6.07 Å². The van der Waals surface area contributed by atoms with Gasteiger partial charge in [-0.1, -0.05) is 30.3 Å². The van der Waals surface area contributed by atoms with Crippen molar-refractivity contribution < 1.29 is 9.59 Å². The Hall–Kier alpha value is -2.42. The predicted molar refractivity (Wildman–Crippen MR) is 69.2 cm³/mol. The fourth-order valence-corrected chi connectivity index (χ4v) is 1.68. The van der Waals surface area contributed by atoms with Crippen LogP contribution in [0.15, 0.2) is 54.6 Å². The van der Waals surface area contributed by atoms with E-state index in [0.717, 1.165) is 4.90 Å². The van der Waals surface area contributed by atoms with Crippen LogP contribution in [0.2, 0.25) is 0 Å². The third-order valence-electron chi connectivity index (χ3n) is 2.50. The molecule has 2 rings (SSSR count). The van der Waals surface area contributed by atoms with Crippen LogP contribution in [0.4, 0.5) is 5.69 Å². The van der Waals surface area contributed by atoms with Crippen molar-refractivity contribution in [2.45, 2.75) is 6.92 Å². The molecule has 1 radical (unpaired) electrons. The second-order valence-corrected chi connectivity index (χ2v) is 3.78. The molecule has 0 spiro atoms. The number of nitrogens with zero attached hydrogens (tertiary/aromatic N) is 1. The van der Waals surface area contributed by atoms with Crippen LogP contribution >= 0.6 is 0 Å². The first-order valence-corrected chi connectivity index (χ1v) is 5.56. The van der Waals surface area contributed by atoms with Gasteiger partial charge < -0.3 is 0 Å². The number of amides is 2. The normalized spacial score (nSPS) is 9.83. The molecule has 2 amide bonds. The van der Waals surface area contributed by atoms with E-state index in [1.807, 2.05) is 6.07 Å². The maximum Gasteiger partial charge on any atom is 0.265 e. The van der Waals surface area contributed by atoms with E-state index in [1.54, 1.807) is 48.5 Å². The number of imide groups is 1. The Labute approximate surface area is 106 Å². The van der Waals surface area contributed by atoms with Crippen molar-refractivity contribution in [2.24, 2.45) is 0 Å². The van der Waals surface area contributed by atoms with Gasteiger partial charge in [-0.25, -0.2) is 4.90 Å². The molecule has 89 valence electrons. The first kappa shape index (κ1) is 12.0. The lowest BCUT2D eigenvalue weighted by atomic mass is 10.2. The molecular weight excluding hydrogens is 226 g/mol. The molecule has 0 atom stereocenters. The van der Waals surface area contributed by atoms with Crippen LogP contribution in [-0.2, 0) is 4.79 Å². The molecule has 0 aliphatic heterocycles. The number of hydrogen-bond acceptors (Lipinski definition) is 2. The van der Waals surface area contributed by atoms with Gasteiger partial charge in [0.15, 0.2) is 0 Å². The second kappa shape index (κ2) is 5.27. The van der Waals surface area contributed by atoms with Gasteiger partial charge in [-0.05, 0) is 30.3 Å². The van der Waals surface area contributed by atoms with Crippen molar-refractivity contribution in [3.63, 3.8) is 0 Å². The standard InChI is InChI=1S/C15H12NO2/c1-12(17)16(14-10-6-3-7-11-14)15(18)13-8-4-2-5-9-13/h2,4-11H,1H3. The largest absolute Gasteiger partial charge is 0.274 e. The van der Waals surface area contributed by atoms with Crippen molar-refractivity contribution >= 4 is 17.5 Å². The SMILES string of the molecule is CC(=O)N(C(=O)c1ccccc1)c1cc[c]cc1. The number of rotatable bonds is 2. The summed E-state index contributed by atoms with van der Waals surface area (Å²) in [5, 5.41) is 0. The van der Waals surface area contributed by atoms with E-state index in [1.165, 1.54) is 6.92 Å². The predicted octanol–water partition coefficient (Wildman–Crippen LogP) is 2.68. The minimum absolute atomic E-state index is 0.310. The molecule has 0 fully saturated rings. The molecule has 0 aliphatic carbocycles. The van der Waals surface area contributed by atoms with E-state index in [0.29, 0.717) is 11.3 Å². The Morgan fingerprint density at radius 3 is 2.17 bits per heavy atom. The molecule has 0 bridgehead atoms. The van der Waals surface area contributed by atoms with E-state index >= 15 is 0 Å². The number of benzene rings is 2. The first-order valence-electron chi connectivity index (χ1n) is 5.56. The molecule has 2 aromatic carbocycles. The van der Waals surface area contributed by atoms with E-state index < -0.39 is 0 Å². The summed E-state index contributed by atoms with van der Waals surface area (Å²) in [6, 6.07) is 18.3. The highest BCUT2D eigenvalue weighted by Crippen LogP contribution is 2.16. The first-order chi connectivity index (χ1) is 8.70. The number of carbonyl (C=O) groups excluding carboxylic acids is 2. The average Bonchev–Trinajstić information content (AvgIpc) is 2.40. The van der Waals surface area contributed by atoms with Crippen molar-refractivity contribution in [1.29, 1.82) is 0 Å². The van der Waals surface area contributed by atoms with Crippen molar-refractivity contribution in [3.05, 3.63) is 66.2 Å². The topological polar surface area (TPSA) is 37.4 Å². The molecule has 0 unspecified atom stereocenters. The van der Waals surface area contributed by atoms with Gasteiger partial charge in [-0.15, -0.1) is 0 Å². The molecule has 2 aromatic rings. The van der Waals surface area contributed by atoms with Gasteiger partial charge in [-0.3, -0.25) is 9.59 Å².